The molecule has 2 aromatic heterocycles. The molecule has 2 nitrogen and oxygen atoms in total. The van der Waals surface area contributed by atoms with Crippen LogP contribution in [0.3, 0.4) is 0 Å². The molecule has 3 aromatic rings. The van der Waals surface area contributed by atoms with Crippen molar-refractivity contribution in [3.63, 3.8) is 0 Å². The van der Waals surface area contributed by atoms with Gasteiger partial charge in [-0.3, -0.25) is 0 Å². The van der Waals surface area contributed by atoms with E-state index in [9.17, 15) is 4.39 Å². The molecule has 0 spiro atoms. The number of thiophene rings is 1. The Labute approximate surface area is 130 Å². The van der Waals surface area contributed by atoms with Gasteiger partial charge in [-0.15, -0.1) is 35.1 Å². The van der Waals surface area contributed by atoms with Crippen molar-refractivity contribution in [3.8, 4) is 11.3 Å². The van der Waals surface area contributed by atoms with Crippen LogP contribution in [0.1, 0.15) is 4.88 Å². The van der Waals surface area contributed by atoms with Crippen LogP contribution in [0.5, 0.6) is 0 Å². The van der Waals surface area contributed by atoms with Crippen molar-refractivity contribution in [2.24, 2.45) is 0 Å². The number of nitrogens with zero attached hydrogens (tertiary/aromatic N) is 1. The van der Waals surface area contributed by atoms with Crippen LogP contribution in [0.15, 0.2) is 47.2 Å². The first-order valence-corrected chi connectivity index (χ1v) is 7.55. The summed E-state index contributed by atoms with van der Waals surface area (Å²) in [5.74, 6) is -0.227. The molecule has 0 saturated heterocycles. The van der Waals surface area contributed by atoms with E-state index >= 15 is 0 Å². The maximum Gasteiger partial charge on any atom is 0.183 e. The first-order valence-electron chi connectivity index (χ1n) is 5.79. The van der Waals surface area contributed by atoms with Crippen LogP contribution in [0, 0.1) is 5.82 Å². The molecule has 0 unspecified atom stereocenters. The third-order valence-corrected chi connectivity index (χ3v) is 4.31. The fourth-order valence-corrected chi connectivity index (χ4v) is 3.05. The normalized spacial score (nSPS) is 10.1. The van der Waals surface area contributed by atoms with E-state index in [1.165, 1.54) is 17.0 Å². The minimum atomic E-state index is -0.227. The minimum Gasteiger partial charge on any atom is -0.357 e. The van der Waals surface area contributed by atoms with Crippen molar-refractivity contribution in [1.82, 2.24) is 4.98 Å². The number of anilines is 1. The molecule has 0 radical (unpaired) electrons. The van der Waals surface area contributed by atoms with E-state index in [0.29, 0.717) is 0 Å². The topological polar surface area (TPSA) is 24.9 Å². The Hall–Kier alpha value is -1.43. The fraction of sp³-hybridized carbons (Fsp3) is 0.0714. The molecule has 0 fully saturated rings. The van der Waals surface area contributed by atoms with Gasteiger partial charge in [0.25, 0.3) is 0 Å². The average Bonchev–Trinajstić information content (AvgIpc) is 3.09. The number of thiazole rings is 1. The summed E-state index contributed by atoms with van der Waals surface area (Å²) in [5.41, 5.74) is 1.81. The van der Waals surface area contributed by atoms with E-state index in [1.807, 2.05) is 11.4 Å². The second kappa shape index (κ2) is 6.83. The monoisotopic (exact) mass is 326 g/mol. The van der Waals surface area contributed by atoms with Crippen LogP contribution >= 0.6 is 35.1 Å². The van der Waals surface area contributed by atoms with E-state index in [1.54, 1.807) is 34.8 Å². The highest BCUT2D eigenvalue weighted by atomic mass is 35.5. The Balaban J connectivity index is 0.00000147. The molecule has 0 aliphatic rings. The molecule has 104 valence electrons. The molecule has 0 bridgehead atoms. The largest absolute Gasteiger partial charge is 0.357 e. The van der Waals surface area contributed by atoms with E-state index < -0.39 is 0 Å². The molecular formula is C14H12ClFN2S2. The smallest absolute Gasteiger partial charge is 0.183 e. The highest BCUT2D eigenvalue weighted by molar-refractivity contribution is 7.14. The molecule has 0 aliphatic carbocycles. The minimum absolute atomic E-state index is 0. The van der Waals surface area contributed by atoms with Gasteiger partial charge in [-0.2, -0.15) is 0 Å². The third kappa shape index (κ3) is 3.56. The predicted molar refractivity (Wildman–Crippen MR) is 86.4 cm³/mol. The van der Waals surface area contributed by atoms with Crippen LogP contribution in [0.4, 0.5) is 9.52 Å². The van der Waals surface area contributed by atoms with Crippen molar-refractivity contribution in [3.05, 3.63) is 57.9 Å². The van der Waals surface area contributed by atoms with E-state index in [-0.39, 0.29) is 18.2 Å². The van der Waals surface area contributed by atoms with Crippen molar-refractivity contribution >= 4 is 40.2 Å². The van der Waals surface area contributed by atoms with Gasteiger partial charge in [-0.25, -0.2) is 9.37 Å². The van der Waals surface area contributed by atoms with Crippen molar-refractivity contribution in [2.75, 3.05) is 5.32 Å². The van der Waals surface area contributed by atoms with Crippen molar-refractivity contribution < 1.29 is 4.39 Å². The van der Waals surface area contributed by atoms with Crippen LogP contribution in [0.25, 0.3) is 11.3 Å². The SMILES string of the molecule is Cl.Fc1ccc(-c2csc(NCc3cccs3)n2)cc1. The quantitative estimate of drug-likeness (QED) is 0.726. The van der Waals surface area contributed by atoms with Gasteiger partial charge >= 0.3 is 0 Å². The number of hydrogen-bond donors (Lipinski definition) is 1. The molecule has 20 heavy (non-hydrogen) atoms. The van der Waals surface area contributed by atoms with Gasteiger partial charge in [-0.1, -0.05) is 6.07 Å². The maximum atomic E-state index is 12.9. The molecule has 3 rings (SSSR count). The summed E-state index contributed by atoms with van der Waals surface area (Å²) >= 11 is 3.28. The Bertz CT molecular complexity index is 650. The molecular weight excluding hydrogens is 315 g/mol. The standard InChI is InChI=1S/C14H11FN2S2.ClH/c15-11-5-3-10(4-6-11)13-9-19-14(17-13)16-8-12-2-1-7-18-12;/h1-7,9H,8H2,(H,16,17);1H. The summed E-state index contributed by atoms with van der Waals surface area (Å²) in [6.45, 7) is 0.786. The van der Waals surface area contributed by atoms with Gasteiger partial charge < -0.3 is 5.32 Å². The summed E-state index contributed by atoms with van der Waals surface area (Å²) in [7, 11) is 0. The lowest BCUT2D eigenvalue weighted by atomic mass is 10.2. The maximum absolute atomic E-state index is 12.9. The zero-order valence-corrected chi connectivity index (χ0v) is 12.8. The summed E-state index contributed by atoms with van der Waals surface area (Å²) in [5, 5.41) is 8.21. The van der Waals surface area contributed by atoms with E-state index in [4.69, 9.17) is 0 Å². The Morgan fingerprint density at radius 3 is 2.60 bits per heavy atom. The van der Waals surface area contributed by atoms with Gasteiger partial charge in [0.15, 0.2) is 5.13 Å². The number of aromatic nitrogens is 1. The lowest BCUT2D eigenvalue weighted by Gasteiger charge is -1.99. The van der Waals surface area contributed by atoms with Gasteiger partial charge in [0.1, 0.15) is 5.82 Å². The Morgan fingerprint density at radius 1 is 1.10 bits per heavy atom. The van der Waals surface area contributed by atoms with Crippen LogP contribution in [0.2, 0.25) is 0 Å². The van der Waals surface area contributed by atoms with Gasteiger partial charge in [0.2, 0.25) is 0 Å². The predicted octanol–water partition coefficient (Wildman–Crippen LogP) is 5.04. The number of benzene rings is 1. The molecule has 0 saturated carbocycles. The summed E-state index contributed by atoms with van der Waals surface area (Å²) in [6.07, 6.45) is 0. The molecule has 0 atom stereocenters. The van der Waals surface area contributed by atoms with Crippen LogP contribution in [-0.4, -0.2) is 4.98 Å². The molecule has 1 aromatic carbocycles. The summed E-state index contributed by atoms with van der Waals surface area (Å²) in [6, 6.07) is 10.5. The van der Waals surface area contributed by atoms with Crippen molar-refractivity contribution in [1.29, 1.82) is 0 Å². The molecule has 0 aliphatic heterocycles. The van der Waals surface area contributed by atoms with Gasteiger partial charge in [-0.05, 0) is 35.7 Å². The van der Waals surface area contributed by atoms with E-state index in [0.717, 1.165) is 22.9 Å². The summed E-state index contributed by atoms with van der Waals surface area (Å²) < 4.78 is 12.9. The fourth-order valence-electron chi connectivity index (χ4n) is 1.68. The molecule has 6 heteroatoms. The second-order valence-corrected chi connectivity index (χ2v) is 5.87. The number of hydrogen-bond acceptors (Lipinski definition) is 4. The molecule has 2 heterocycles. The lowest BCUT2D eigenvalue weighted by molar-refractivity contribution is 0.628. The lowest BCUT2D eigenvalue weighted by Crippen LogP contribution is -1.96. The zero-order chi connectivity index (χ0) is 13.1. The number of nitrogens with one attached hydrogen (secondary N) is 1. The molecule has 0 amide bonds. The first-order chi connectivity index (χ1) is 9.31. The highest BCUT2D eigenvalue weighted by Gasteiger charge is 2.04. The van der Waals surface area contributed by atoms with Crippen LogP contribution < -0.4 is 5.32 Å². The van der Waals surface area contributed by atoms with Crippen LogP contribution in [-0.2, 0) is 6.54 Å². The number of halogens is 2. The Morgan fingerprint density at radius 2 is 1.90 bits per heavy atom. The van der Waals surface area contributed by atoms with Crippen molar-refractivity contribution in [2.45, 2.75) is 6.54 Å². The first kappa shape index (κ1) is 15.0. The second-order valence-electron chi connectivity index (χ2n) is 3.98. The molecule has 1 N–H and O–H groups in total. The Kier molecular flexibility index (Phi) is 5.11. The van der Waals surface area contributed by atoms with Gasteiger partial charge in [0.05, 0.1) is 12.2 Å². The third-order valence-electron chi connectivity index (χ3n) is 2.64. The average molecular weight is 327 g/mol. The van der Waals surface area contributed by atoms with Gasteiger partial charge in [0, 0.05) is 15.8 Å². The number of rotatable bonds is 4. The highest BCUT2D eigenvalue weighted by Crippen LogP contribution is 2.25. The van der Waals surface area contributed by atoms with E-state index in [2.05, 4.69) is 21.7 Å². The summed E-state index contributed by atoms with van der Waals surface area (Å²) in [4.78, 5) is 5.78. The zero-order valence-electron chi connectivity index (χ0n) is 10.4.